The normalized spacial score (nSPS) is 17.1. The Labute approximate surface area is 172 Å². The third-order valence-electron chi connectivity index (χ3n) is 6.59. The minimum absolute atomic E-state index is 0.636. The highest BCUT2D eigenvalue weighted by Crippen LogP contribution is 2.33. The number of rotatable bonds is 14. The predicted octanol–water partition coefficient (Wildman–Crippen LogP) is 9.39. The standard InChI is InChI=1S/C27H50/c1-11-14-25(13-3)26(21(6)7)19-18-24(10)27(15-12-2)23(9)17-16-22(8)20(4)5/h13-14,20-23,26H,3,11-12,15-19H2,1-2,4-10H3. The quantitative estimate of drug-likeness (QED) is 0.210. The van der Waals surface area contributed by atoms with Crippen molar-refractivity contribution >= 4 is 0 Å². The van der Waals surface area contributed by atoms with Crippen LogP contribution in [0.5, 0.6) is 0 Å². The molecule has 0 aliphatic carbocycles. The van der Waals surface area contributed by atoms with Gasteiger partial charge in [-0.05, 0) is 80.6 Å². The van der Waals surface area contributed by atoms with Crippen molar-refractivity contribution < 1.29 is 0 Å². The molecule has 0 nitrogen and oxygen atoms in total. The molecule has 0 radical (unpaired) electrons. The van der Waals surface area contributed by atoms with Gasteiger partial charge in [0.15, 0.2) is 0 Å². The van der Waals surface area contributed by atoms with Gasteiger partial charge in [0.1, 0.15) is 0 Å². The molecule has 0 heterocycles. The molecule has 27 heavy (non-hydrogen) atoms. The fourth-order valence-corrected chi connectivity index (χ4v) is 4.21. The zero-order chi connectivity index (χ0) is 21.0. The molecule has 0 N–H and O–H groups in total. The van der Waals surface area contributed by atoms with Gasteiger partial charge < -0.3 is 0 Å². The van der Waals surface area contributed by atoms with E-state index in [1.54, 1.807) is 11.1 Å². The van der Waals surface area contributed by atoms with Crippen LogP contribution in [0.3, 0.4) is 0 Å². The van der Waals surface area contributed by atoms with Crippen LogP contribution in [0.25, 0.3) is 0 Å². The molecule has 0 saturated heterocycles. The van der Waals surface area contributed by atoms with E-state index in [-0.39, 0.29) is 0 Å². The fraction of sp³-hybridized carbons (Fsp3) is 0.778. The average Bonchev–Trinajstić information content (AvgIpc) is 2.62. The molecule has 0 rings (SSSR count). The van der Waals surface area contributed by atoms with Gasteiger partial charge in [-0.25, -0.2) is 0 Å². The van der Waals surface area contributed by atoms with Crippen LogP contribution in [0.15, 0.2) is 35.5 Å². The maximum atomic E-state index is 4.08. The molecule has 0 aromatic heterocycles. The first kappa shape index (κ1) is 26.2. The van der Waals surface area contributed by atoms with Gasteiger partial charge in [0, 0.05) is 0 Å². The second kappa shape index (κ2) is 14.3. The summed E-state index contributed by atoms with van der Waals surface area (Å²) in [5.74, 6) is 3.67. The molecule has 0 aromatic rings. The summed E-state index contributed by atoms with van der Waals surface area (Å²) in [6, 6.07) is 0. The lowest BCUT2D eigenvalue weighted by atomic mass is 9.80. The molecule has 0 heteroatoms. The van der Waals surface area contributed by atoms with E-state index < -0.39 is 0 Å². The Morgan fingerprint density at radius 1 is 0.852 bits per heavy atom. The molecular weight excluding hydrogens is 324 g/mol. The number of allylic oxidation sites excluding steroid dienone is 5. The van der Waals surface area contributed by atoms with E-state index >= 15 is 0 Å². The Bertz CT molecular complexity index is 460. The minimum atomic E-state index is 0.636. The zero-order valence-electron chi connectivity index (χ0n) is 20.2. The Balaban J connectivity index is 5.17. The van der Waals surface area contributed by atoms with Crippen LogP contribution in [-0.4, -0.2) is 0 Å². The molecule has 3 atom stereocenters. The van der Waals surface area contributed by atoms with Crippen LogP contribution in [0, 0.1) is 29.6 Å². The number of hydrogen-bond acceptors (Lipinski definition) is 0. The lowest BCUT2D eigenvalue weighted by Crippen LogP contribution is -2.12. The van der Waals surface area contributed by atoms with Gasteiger partial charge in [-0.3, -0.25) is 0 Å². The summed E-state index contributed by atoms with van der Waals surface area (Å²) < 4.78 is 0. The summed E-state index contributed by atoms with van der Waals surface area (Å²) in [6.07, 6.45) is 13.3. The molecule has 0 saturated carbocycles. The molecule has 0 spiro atoms. The molecule has 0 amide bonds. The van der Waals surface area contributed by atoms with Gasteiger partial charge in [0.25, 0.3) is 0 Å². The van der Waals surface area contributed by atoms with Gasteiger partial charge in [-0.2, -0.15) is 0 Å². The molecular formula is C27H50. The molecule has 0 bridgehead atoms. The molecule has 158 valence electrons. The maximum Gasteiger partial charge on any atom is -0.0139 e. The average molecular weight is 375 g/mol. The topological polar surface area (TPSA) is 0 Å². The van der Waals surface area contributed by atoms with Crippen molar-refractivity contribution in [3.8, 4) is 0 Å². The lowest BCUT2D eigenvalue weighted by molar-refractivity contribution is 0.359. The third-order valence-corrected chi connectivity index (χ3v) is 6.59. The fourth-order valence-electron chi connectivity index (χ4n) is 4.21. The van der Waals surface area contributed by atoms with E-state index in [0.717, 1.165) is 24.2 Å². The Kier molecular flexibility index (Phi) is 13.8. The largest absolute Gasteiger partial charge is 0.0988 e. The van der Waals surface area contributed by atoms with Crippen molar-refractivity contribution in [1.29, 1.82) is 0 Å². The molecule has 3 unspecified atom stereocenters. The van der Waals surface area contributed by atoms with Crippen LogP contribution in [-0.2, 0) is 0 Å². The van der Waals surface area contributed by atoms with Gasteiger partial charge in [0.2, 0.25) is 0 Å². The summed E-state index contributed by atoms with van der Waals surface area (Å²) in [5.41, 5.74) is 4.86. The van der Waals surface area contributed by atoms with Crippen LogP contribution >= 0.6 is 0 Å². The van der Waals surface area contributed by atoms with Gasteiger partial charge in [-0.1, -0.05) is 91.7 Å². The summed E-state index contributed by atoms with van der Waals surface area (Å²) in [7, 11) is 0. The van der Waals surface area contributed by atoms with Gasteiger partial charge in [-0.15, -0.1) is 0 Å². The zero-order valence-corrected chi connectivity index (χ0v) is 20.2. The highest BCUT2D eigenvalue weighted by molar-refractivity contribution is 5.21. The highest BCUT2D eigenvalue weighted by atomic mass is 14.2. The van der Waals surface area contributed by atoms with Gasteiger partial charge >= 0.3 is 0 Å². The third kappa shape index (κ3) is 9.82. The van der Waals surface area contributed by atoms with E-state index in [9.17, 15) is 0 Å². The van der Waals surface area contributed by atoms with Crippen LogP contribution in [0.1, 0.15) is 107 Å². The second-order valence-corrected chi connectivity index (χ2v) is 9.46. The maximum absolute atomic E-state index is 4.08. The summed E-state index contributed by atoms with van der Waals surface area (Å²) >= 11 is 0. The van der Waals surface area contributed by atoms with Crippen LogP contribution < -0.4 is 0 Å². The van der Waals surface area contributed by atoms with Crippen molar-refractivity contribution in [2.75, 3.05) is 0 Å². The van der Waals surface area contributed by atoms with Crippen LogP contribution in [0.2, 0.25) is 0 Å². The van der Waals surface area contributed by atoms with E-state index in [1.807, 2.05) is 0 Å². The SMILES string of the molecule is C=CC(=CCC)C(CCC(C)=C(CCC)C(C)CCC(C)C(C)C)C(C)C. The van der Waals surface area contributed by atoms with E-state index in [2.05, 4.69) is 81.0 Å². The smallest absolute Gasteiger partial charge is 0.0139 e. The van der Waals surface area contributed by atoms with E-state index in [0.29, 0.717) is 11.8 Å². The van der Waals surface area contributed by atoms with Crippen molar-refractivity contribution in [2.24, 2.45) is 29.6 Å². The van der Waals surface area contributed by atoms with Crippen LogP contribution in [0.4, 0.5) is 0 Å². The van der Waals surface area contributed by atoms with E-state index in [4.69, 9.17) is 0 Å². The van der Waals surface area contributed by atoms with Crippen molar-refractivity contribution in [2.45, 2.75) is 107 Å². The summed E-state index contributed by atoms with van der Waals surface area (Å²) in [5, 5.41) is 0. The summed E-state index contributed by atoms with van der Waals surface area (Å²) in [6.45, 7) is 25.4. The highest BCUT2D eigenvalue weighted by Gasteiger charge is 2.19. The molecule has 0 fully saturated rings. The Hall–Kier alpha value is -0.780. The molecule has 0 aliphatic rings. The number of hydrogen-bond donors (Lipinski definition) is 0. The van der Waals surface area contributed by atoms with E-state index in [1.165, 1.54) is 44.1 Å². The summed E-state index contributed by atoms with van der Waals surface area (Å²) in [4.78, 5) is 0. The Morgan fingerprint density at radius 3 is 1.93 bits per heavy atom. The minimum Gasteiger partial charge on any atom is -0.0988 e. The predicted molar refractivity (Wildman–Crippen MR) is 126 cm³/mol. The molecule has 0 aromatic carbocycles. The van der Waals surface area contributed by atoms with Crippen molar-refractivity contribution in [1.82, 2.24) is 0 Å². The van der Waals surface area contributed by atoms with Crippen molar-refractivity contribution in [3.63, 3.8) is 0 Å². The van der Waals surface area contributed by atoms with Gasteiger partial charge in [0.05, 0.1) is 0 Å². The monoisotopic (exact) mass is 374 g/mol. The first-order valence-electron chi connectivity index (χ1n) is 11.7. The van der Waals surface area contributed by atoms with Crippen molar-refractivity contribution in [3.05, 3.63) is 35.5 Å². The lowest BCUT2D eigenvalue weighted by Gasteiger charge is -2.25. The Morgan fingerprint density at radius 2 is 1.48 bits per heavy atom. The first-order chi connectivity index (χ1) is 12.7. The molecule has 0 aliphatic heterocycles. The first-order valence-corrected chi connectivity index (χ1v) is 11.7. The second-order valence-electron chi connectivity index (χ2n) is 9.46.